The maximum Gasteiger partial charge on any atom is 0.263 e. The second-order valence-electron chi connectivity index (χ2n) is 4.74. The zero-order chi connectivity index (χ0) is 15.4. The van der Waals surface area contributed by atoms with Gasteiger partial charge in [0.05, 0.1) is 24.5 Å². The Morgan fingerprint density at radius 3 is 2.62 bits per heavy atom. The van der Waals surface area contributed by atoms with Crippen molar-refractivity contribution in [2.45, 2.75) is 13.3 Å². The monoisotopic (exact) mass is 312 g/mol. The molecule has 0 radical (unpaired) electrons. The number of carbonyl (C=O) groups is 2. The molecule has 21 heavy (non-hydrogen) atoms. The van der Waals surface area contributed by atoms with Gasteiger partial charge in [-0.05, 0) is 6.42 Å². The first-order valence-corrected chi connectivity index (χ1v) is 7.70. The number of nitrogen functional groups attached to an aromatic ring is 1. The molecular weight excluding hydrogens is 292 g/mol. The molecule has 1 aliphatic heterocycles. The summed E-state index contributed by atoms with van der Waals surface area (Å²) in [7, 11) is 0. The fourth-order valence-corrected chi connectivity index (χ4v) is 3.34. The summed E-state index contributed by atoms with van der Waals surface area (Å²) in [5, 5.41) is 3.43. The highest BCUT2D eigenvalue weighted by atomic mass is 32.1. The molecule has 0 aromatic carbocycles. The van der Waals surface area contributed by atoms with Crippen LogP contribution in [0.2, 0.25) is 0 Å². The largest absolute Gasteiger partial charge is 0.397 e. The van der Waals surface area contributed by atoms with Crippen molar-refractivity contribution < 1.29 is 14.3 Å². The van der Waals surface area contributed by atoms with Gasteiger partial charge in [0.15, 0.2) is 0 Å². The van der Waals surface area contributed by atoms with E-state index < -0.39 is 5.91 Å². The molecule has 0 unspecified atom stereocenters. The lowest BCUT2D eigenvalue weighted by Crippen LogP contribution is -2.36. The summed E-state index contributed by atoms with van der Waals surface area (Å²) in [6.07, 6.45) is 0.829. The molecule has 1 aliphatic rings. The van der Waals surface area contributed by atoms with Gasteiger partial charge in [-0.2, -0.15) is 0 Å². The van der Waals surface area contributed by atoms with Gasteiger partial charge in [0.1, 0.15) is 9.88 Å². The first-order valence-electron chi connectivity index (χ1n) is 6.89. The number of hydrogen-bond acceptors (Lipinski definition) is 6. The number of nitrogens with two attached hydrogens (primary N) is 2. The maximum atomic E-state index is 12.1. The Balaban J connectivity index is 2.35. The molecule has 116 valence electrons. The van der Waals surface area contributed by atoms with E-state index in [1.807, 2.05) is 11.8 Å². The fourth-order valence-electron chi connectivity index (χ4n) is 2.15. The summed E-state index contributed by atoms with van der Waals surface area (Å²) in [4.78, 5) is 26.1. The van der Waals surface area contributed by atoms with Crippen LogP contribution in [-0.2, 0) is 4.74 Å². The summed E-state index contributed by atoms with van der Waals surface area (Å²) >= 11 is 1.21. The number of amides is 2. The molecule has 1 aromatic heterocycles. The predicted octanol–water partition coefficient (Wildman–Crippen LogP) is 0.406. The number of primary amides is 1. The minimum absolute atomic E-state index is 0.169. The standard InChI is InChI=1S/C13H20N4O3S/c1-2-3-16-12(19)10-9(14)8(11(15)18)13(21-10)17-4-6-20-7-5-17/h2-7,14H2,1H3,(H2,15,18)(H,16,19). The number of thiophene rings is 1. The van der Waals surface area contributed by atoms with E-state index in [0.29, 0.717) is 42.7 Å². The van der Waals surface area contributed by atoms with E-state index in [1.54, 1.807) is 0 Å². The first-order chi connectivity index (χ1) is 10.1. The molecule has 2 heterocycles. The number of anilines is 2. The zero-order valence-corrected chi connectivity index (χ0v) is 12.8. The van der Waals surface area contributed by atoms with Crippen LogP contribution in [-0.4, -0.2) is 44.7 Å². The van der Waals surface area contributed by atoms with Gasteiger partial charge in [0.25, 0.3) is 11.8 Å². The van der Waals surface area contributed by atoms with Crippen molar-refractivity contribution in [3.8, 4) is 0 Å². The summed E-state index contributed by atoms with van der Waals surface area (Å²) in [6, 6.07) is 0. The van der Waals surface area contributed by atoms with Crippen molar-refractivity contribution in [3.05, 3.63) is 10.4 Å². The highest BCUT2D eigenvalue weighted by Gasteiger charge is 2.27. The number of hydrogen-bond donors (Lipinski definition) is 3. The molecule has 0 bridgehead atoms. The smallest absolute Gasteiger partial charge is 0.263 e. The van der Waals surface area contributed by atoms with Crippen LogP contribution in [0.25, 0.3) is 0 Å². The maximum absolute atomic E-state index is 12.1. The van der Waals surface area contributed by atoms with E-state index in [4.69, 9.17) is 16.2 Å². The molecule has 1 fully saturated rings. The van der Waals surface area contributed by atoms with E-state index in [0.717, 1.165) is 6.42 Å². The van der Waals surface area contributed by atoms with Crippen LogP contribution >= 0.6 is 11.3 Å². The molecule has 2 rings (SSSR count). The molecule has 0 saturated carbocycles. The van der Waals surface area contributed by atoms with Crippen LogP contribution in [0.4, 0.5) is 10.7 Å². The Bertz CT molecular complexity index is 538. The molecule has 1 aromatic rings. The van der Waals surface area contributed by atoms with Gasteiger partial charge in [-0.1, -0.05) is 6.92 Å². The Kier molecular flexibility index (Phi) is 5.03. The van der Waals surface area contributed by atoms with Crippen LogP contribution < -0.4 is 21.7 Å². The van der Waals surface area contributed by atoms with Gasteiger partial charge >= 0.3 is 0 Å². The third kappa shape index (κ3) is 3.27. The van der Waals surface area contributed by atoms with Crippen molar-refractivity contribution in [2.75, 3.05) is 43.5 Å². The number of ether oxygens (including phenoxy) is 1. The molecule has 2 amide bonds. The van der Waals surface area contributed by atoms with E-state index in [-0.39, 0.29) is 17.2 Å². The van der Waals surface area contributed by atoms with Gasteiger partial charge in [0, 0.05) is 19.6 Å². The van der Waals surface area contributed by atoms with Crippen LogP contribution in [0.15, 0.2) is 0 Å². The predicted molar refractivity (Wildman–Crippen MR) is 82.9 cm³/mol. The normalized spacial score (nSPS) is 15.0. The lowest BCUT2D eigenvalue weighted by molar-refractivity contribution is 0.0958. The minimum Gasteiger partial charge on any atom is -0.397 e. The van der Waals surface area contributed by atoms with Crippen LogP contribution in [0.1, 0.15) is 33.4 Å². The number of morpholine rings is 1. The SMILES string of the molecule is CCCNC(=O)c1sc(N2CCOCC2)c(C(N)=O)c1N. The Morgan fingerprint density at radius 2 is 2.05 bits per heavy atom. The van der Waals surface area contributed by atoms with E-state index in [2.05, 4.69) is 5.32 Å². The average molecular weight is 312 g/mol. The molecular formula is C13H20N4O3S. The van der Waals surface area contributed by atoms with Crippen molar-refractivity contribution >= 4 is 33.8 Å². The van der Waals surface area contributed by atoms with Crippen molar-refractivity contribution in [1.29, 1.82) is 0 Å². The van der Waals surface area contributed by atoms with Crippen molar-refractivity contribution in [1.82, 2.24) is 5.32 Å². The number of nitrogens with one attached hydrogen (secondary N) is 1. The molecule has 8 heteroatoms. The molecule has 0 spiro atoms. The van der Waals surface area contributed by atoms with Crippen molar-refractivity contribution in [3.63, 3.8) is 0 Å². The third-order valence-corrected chi connectivity index (χ3v) is 4.48. The fraction of sp³-hybridized carbons (Fsp3) is 0.538. The molecule has 1 saturated heterocycles. The lowest BCUT2D eigenvalue weighted by Gasteiger charge is -2.28. The van der Waals surface area contributed by atoms with Crippen LogP contribution in [0, 0.1) is 0 Å². The van der Waals surface area contributed by atoms with Gasteiger partial charge in [0.2, 0.25) is 0 Å². The summed E-state index contributed by atoms with van der Waals surface area (Å²) < 4.78 is 5.30. The Hall–Kier alpha value is -1.80. The average Bonchev–Trinajstić information content (AvgIpc) is 2.83. The number of rotatable bonds is 5. The highest BCUT2D eigenvalue weighted by molar-refractivity contribution is 7.19. The quantitative estimate of drug-likeness (QED) is 0.729. The van der Waals surface area contributed by atoms with E-state index in [1.165, 1.54) is 11.3 Å². The van der Waals surface area contributed by atoms with E-state index >= 15 is 0 Å². The number of nitrogens with zero attached hydrogens (tertiary/aromatic N) is 1. The summed E-state index contributed by atoms with van der Waals surface area (Å²) in [5.41, 5.74) is 11.8. The van der Waals surface area contributed by atoms with Gasteiger partial charge in [-0.3, -0.25) is 9.59 Å². The summed E-state index contributed by atoms with van der Waals surface area (Å²) in [6.45, 7) is 4.98. The lowest BCUT2D eigenvalue weighted by atomic mass is 10.2. The first kappa shape index (κ1) is 15.6. The second kappa shape index (κ2) is 6.77. The second-order valence-corrected chi connectivity index (χ2v) is 5.74. The van der Waals surface area contributed by atoms with Crippen LogP contribution in [0.5, 0.6) is 0 Å². The number of carbonyl (C=O) groups excluding carboxylic acids is 2. The highest BCUT2D eigenvalue weighted by Crippen LogP contribution is 2.38. The molecule has 7 nitrogen and oxygen atoms in total. The van der Waals surface area contributed by atoms with Crippen molar-refractivity contribution in [2.24, 2.45) is 5.73 Å². The summed E-state index contributed by atoms with van der Waals surface area (Å²) in [5.74, 6) is -0.874. The van der Waals surface area contributed by atoms with Gasteiger partial charge in [-0.25, -0.2) is 0 Å². The molecule has 0 aliphatic carbocycles. The van der Waals surface area contributed by atoms with Gasteiger partial charge < -0.3 is 26.4 Å². The molecule has 0 atom stereocenters. The topological polar surface area (TPSA) is 111 Å². The van der Waals surface area contributed by atoms with Crippen LogP contribution in [0.3, 0.4) is 0 Å². The third-order valence-electron chi connectivity index (χ3n) is 3.21. The van der Waals surface area contributed by atoms with Gasteiger partial charge in [-0.15, -0.1) is 11.3 Å². The Morgan fingerprint density at radius 1 is 1.38 bits per heavy atom. The zero-order valence-electron chi connectivity index (χ0n) is 12.0. The Labute approximate surface area is 127 Å². The van der Waals surface area contributed by atoms with E-state index in [9.17, 15) is 9.59 Å². The molecule has 5 N–H and O–H groups in total. The minimum atomic E-state index is -0.611.